The molecule has 0 aliphatic heterocycles. The number of benzene rings is 1. The van der Waals surface area contributed by atoms with Crippen molar-refractivity contribution >= 4 is 11.3 Å². The van der Waals surface area contributed by atoms with Crippen LogP contribution < -0.4 is 4.74 Å². The fourth-order valence-corrected chi connectivity index (χ4v) is 3.94. The zero-order valence-corrected chi connectivity index (χ0v) is 17.0. The first-order valence-electron chi connectivity index (χ1n) is 9.17. The van der Waals surface area contributed by atoms with E-state index in [4.69, 9.17) is 9.15 Å². The number of rotatable bonds is 9. The van der Waals surface area contributed by atoms with Crippen molar-refractivity contribution in [1.82, 2.24) is 4.90 Å². The second-order valence-corrected chi connectivity index (χ2v) is 7.94. The summed E-state index contributed by atoms with van der Waals surface area (Å²) in [4.78, 5) is 3.51. The van der Waals surface area contributed by atoms with Gasteiger partial charge in [-0.15, -0.1) is 11.3 Å². The molecule has 0 radical (unpaired) electrons. The first-order valence-corrected chi connectivity index (χ1v) is 10.1. The van der Waals surface area contributed by atoms with E-state index in [-0.39, 0.29) is 6.61 Å². The smallest absolute Gasteiger partial charge is 0.122 e. The Morgan fingerprint density at radius 1 is 1.07 bits per heavy atom. The summed E-state index contributed by atoms with van der Waals surface area (Å²) in [5.74, 6) is 1.73. The summed E-state index contributed by atoms with van der Waals surface area (Å²) in [6.45, 7) is 8.45. The van der Waals surface area contributed by atoms with Gasteiger partial charge in [0.2, 0.25) is 0 Å². The highest BCUT2D eigenvalue weighted by atomic mass is 32.1. The molecule has 3 aromatic rings. The van der Waals surface area contributed by atoms with Crippen LogP contribution in [-0.2, 0) is 13.1 Å². The Morgan fingerprint density at radius 2 is 1.93 bits per heavy atom. The largest absolute Gasteiger partial charge is 0.491 e. The lowest BCUT2D eigenvalue weighted by atomic mass is 10.1. The molecule has 0 aliphatic carbocycles. The van der Waals surface area contributed by atoms with Crippen LogP contribution in [0.3, 0.4) is 0 Å². The van der Waals surface area contributed by atoms with Crippen LogP contribution in [0.5, 0.6) is 5.75 Å². The number of aryl methyl sites for hydroxylation is 2. The normalized spacial score (nSPS) is 12.5. The number of nitrogens with zero attached hydrogens (tertiary/aromatic N) is 1. The van der Waals surface area contributed by atoms with E-state index in [0.717, 1.165) is 23.6 Å². The summed E-state index contributed by atoms with van der Waals surface area (Å²) < 4.78 is 11.4. The van der Waals surface area contributed by atoms with E-state index in [1.54, 1.807) is 17.6 Å². The van der Waals surface area contributed by atoms with Crippen molar-refractivity contribution in [3.8, 4) is 5.75 Å². The Labute approximate surface area is 165 Å². The van der Waals surface area contributed by atoms with E-state index >= 15 is 0 Å². The first-order chi connectivity index (χ1) is 13.0. The van der Waals surface area contributed by atoms with E-state index in [2.05, 4.69) is 36.3 Å². The van der Waals surface area contributed by atoms with Gasteiger partial charge in [0.1, 0.15) is 24.2 Å². The second-order valence-electron chi connectivity index (χ2n) is 6.94. The standard InChI is InChI=1S/C22H27NO3S/c1-16-6-4-8-21(18(16)3)26-15-19(24)12-23(13-20-7-5-10-25-20)14-22-17(2)9-11-27-22/h4-11,19,24H,12-15H2,1-3H3. The number of ether oxygens (including phenoxy) is 1. The van der Waals surface area contributed by atoms with Crippen molar-refractivity contribution in [2.24, 2.45) is 0 Å². The molecular formula is C22H27NO3S. The summed E-state index contributed by atoms with van der Waals surface area (Å²) in [5, 5.41) is 12.7. The molecule has 0 fully saturated rings. The lowest BCUT2D eigenvalue weighted by Gasteiger charge is -2.24. The van der Waals surface area contributed by atoms with E-state index in [0.29, 0.717) is 13.1 Å². The Balaban J connectivity index is 1.61. The average molecular weight is 386 g/mol. The maximum absolute atomic E-state index is 10.6. The number of thiophene rings is 1. The summed E-state index contributed by atoms with van der Waals surface area (Å²) in [5.41, 5.74) is 3.59. The molecule has 1 aromatic carbocycles. The number of aliphatic hydroxyl groups excluding tert-OH is 1. The molecule has 0 saturated carbocycles. The third-order valence-electron chi connectivity index (χ3n) is 4.75. The minimum atomic E-state index is -0.583. The summed E-state index contributed by atoms with van der Waals surface area (Å²) >= 11 is 1.75. The van der Waals surface area contributed by atoms with Gasteiger partial charge in [0, 0.05) is 18.0 Å². The van der Waals surface area contributed by atoms with Gasteiger partial charge in [0.05, 0.1) is 12.8 Å². The van der Waals surface area contributed by atoms with Crippen molar-refractivity contribution in [2.75, 3.05) is 13.2 Å². The van der Waals surface area contributed by atoms with Crippen LogP contribution in [0, 0.1) is 20.8 Å². The Kier molecular flexibility index (Phi) is 6.72. The molecule has 0 aliphatic rings. The van der Waals surface area contributed by atoms with Crippen molar-refractivity contribution in [3.05, 3.63) is 75.4 Å². The SMILES string of the molecule is Cc1ccsc1CN(Cc1ccco1)CC(O)COc1cccc(C)c1C. The number of hydrogen-bond donors (Lipinski definition) is 1. The summed E-state index contributed by atoms with van der Waals surface area (Å²) in [6, 6.07) is 12.0. The molecule has 144 valence electrons. The molecule has 27 heavy (non-hydrogen) atoms. The molecule has 0 spiro atoms. The van der Waals surface area contributed by atoms with Crippen LogP contribution in [0.15, 0.2) is 52.5 Å². The molecule has 5 heteroatoms. The topological polar surface area (TPSA) is 45.8 Å². The Morgan fingerprint density at radius 3 is 2.63 bits per heavy atom. The van der Waals surface area contributed by atoms with E-state index < -0.39 is 6.10 Å². The Bertz CT molecular complexity index is 841. The van der Waals surface area contributed by atoms with Gasteiger partial charge in [-0.1, -0.05) is 12.1 Å². The van der Waals surface area contributed by atoms with Crippen molar-refractivity contribution in [2.45, 2.75) is 40.0 Å². The molecule has 1 atom stereocenters. The predicted octanol–water partition coefficient (Wildman–Crippen LogP) is 4.71. The van der Waals surface area contributed by atoms with Crippen molar-refractivity contribution < 1.29 is 14.3 Å². The van der Waals surface area contributed by atoms with Gasteiger partial charge in [0.15, 0.2) is 0 Å². The minimum Gasteiger partial charge on any atom is -0.491 e. The highest BCUT2D eigenvalue weighted by molar-refractivity contribution is 7.10. The maximum Gasteiger partial charge on any atom is 0.122 e. The zero-order valence-electron chi connectivity index (χ0n) is 16.1. The van der Waals surface area contributed by atoms with Crippen LogP contribution in [0.2, 0.25) is 0 Å². The molecule has 4 nitrogen and oxygen atoms in total. The monoisotopic (exact) mass is 385 g/mol. The highest BCUT2D eigenvalue weighted by Gasteiger charge is 2.17. The van der Waals surface area contributed by atoms with Crippen LogP contribution >= 0.6 is 11.3 Å². The maximum atomic E-state index is 10.6. The number of hydrogen-bond acceptors (Lipinski definition) is 5. The number of furan rings is 1. The summed E-state index contributed by atoms with van der Waals surface area (Å²) in [6.07, 6.45) is 1.10. The fourth-order valence-electron chi connectivity index (χ4n) is 2.99. The number of aliphatic hydroxyl groups is 1. The van der Waals surface area contributed by atoms with Gasteiger partial charge in [0.25, 0.3) is 0 Å². The van der Waals surface area contributed by atoms with Crippen LogP contribution in [-0.4, -0.2) is 29.3 Å². The second kappa shape index (κ2) is 9.22. The molecule has 1 N–H and O–H groups in total. The quantitative estimate of drug-likeness (QED) is 0.579. The summed E-state index contributed by atoms with van der Waals surface area (Å²) in [7, 11) is 0. The van der Waals surface area contributed by atoms with Gasteiger partial charge >= 0.3 is 0 Å². The minimum absolute atomic E-state index is 0.266. The molecule has 3 rings (SSSR count). The van der Waals surface area contributed by atoms with Gasteiger partial charge in [-0.05, 0) is 67.1 Å². The van der Waals surface area contributed by atoms with Gasteiger partial charge in [-0.2, -0.15) is 0 Å². The fraction of sp³-hybridized carbons (Fsp3) is 0.364. The van der Waals surface area contributed by atoms with E-state index in [1.165, 1.54) is 16.0 Å². The van der Waals surface area contributed by atoms with Gasteiger partial charge < -0.3 is 14.3 Å². The molecule has 0 bridgehead atoms. The molecule has 1 unspecified atom stereocenters. The van der Waals surface area contributed by atoms with Crippen LogP contribution in [0.4, 0.5) is 0 Å². The van der Waals surface area contributed by atoms with E-state index in [9.17, 15) is 5.11 Å². The van der Waals surface area contributed by atoms with Crippen LogP contribution in [0.1, 0.15) is 27.3 Å². The molecule has 2 heterocycles. The first kappa shape index (κ1) is 19.7. The van der Waals surface area contributed by atoms with Crippen molar-refractivity contribution in [3.63, 3.8) is 0 Å². The Hall–Kier alpha value is -2.08. The van der Waals surface area contributed by atoms with Crippen molar-refractivity contribution in [1.29, 1.82) is 0 Å². The zero-order chi connectivity index (χ0) is 19.2. The van der Waals surface area contributed by atoms with Crippen LogP contribution in [0.25, 0.3) is 0 Å². The third kappa shape index (κ3) is 5.45. The van der Waals surface area contributed by atoms with Gasteiger partial charge in [-0.3, -0.25) is 4.90 Å². The molecule has 0 amide bonds. The van der Waals surface area contributed by atoms with E-state index in [1.807, 2.05) is 31.2 Å². The lowest BCUT2D eigenvalue weighted by Crippen LogP contribution is -2.35. The average Bonchev–Trinajstić information content (AvgIpc) is 3.28. The predicted molar refractivity (Wildman–Crippen MR) is 109 cm³/mol. The highest BCUT2D eigenvalue weighted by Crippen LogP contribution is 2.22. The molecule has 2 aromatic heterocycles. The molecular weight excluding hydrogens is 358 g/mol. The third-order valence-corrected chi connectivity index (χ3v) is 5.76. The molecule has 0 saturated heterocycles. The lowest BCUT2D eigenvalue weighted by molar-refractivity contribution is 0.0605. The van der Waals surface area contributed by atoms with Gasteiger partial charge in [-0.25, -0.2) is 0 Å².